The highest BCUT2D eigenvalue weighted by Gasteiger charge is 2.17. The van der Waals surface area contributed by atoms with E-state index >= 15 is 0 Å². The molecule has 7 heteroatoms. The summed E-state index contributed by atoms with van der Waals surface area (Å²) in [5.74, 6) is -1.77. The number of carboxylic acids is 2. The fourth-order valence-electron chi connectivity index (χ4n) is 1.81. The molecule has 0 amide bonds. The van der Waals surface area contributed by atoms with Gasteiger partial charge in [0.2, 0.25) is 0 Å². The van der Waals surface area contributed by atoms with Gasteiger partial charge in [0.25, 0.3) is 0 Å². The SMILES string of the molecule is C=Cc1ccc(OCC(O)CN(CC(=O)O)CC(=O)O)cc1. The molecule has 120 valence electrons. The van der Waals surface area contributed by atoms with E-state index in [9.17, 15) is 14.7 Å². The van der Waals surface area contributed by atoms with E-state index < -0.39 is 31.1 Å². The topological polar surface area (TPSA) is 107 Å². The van der Waals surface area contributed by atoms with E-state index in [0.29, 0.717) is 5.75 Å². The van der Waals surface area contributed by atoms with Gasteiger partial charge in [-0.05, 0) is 17.7 Å². The lowest BCUT2D eigenvalue weighted by Gasteiger charge is -2.21. The van der Waals surface area contributed by atoms with Gasteiger partial charge in [0.1, 0.15) is 18.5 Å². The zero-order valence-electron chi connectivity index (χ0n) is 12.0. The number of nitrogens with zero attached hydrogens (tertiary/aromatic N) is 1. The Morgan fingerprint density at radius 1 is 1.18 bits per heavy atom. The van der Waals surface area contributed by atoms with Gasteiger partial charge in [0.15, 0.2) is 0 Å². The van der Waals surface area contributed by atoms with Crippen molar-refractivity contribution in [2.45, 2.75) is 6.10 Å². The number of aliphatic hydroxyl groups excluding tert-OH is 1. The predicted molar refractivity (Wildman–Crippen MR) is 79.7 cm³/mol. The molecule has 1 aromatic carbocycles. The molecule has 22 heavy (non-hydrogen) atoms. The quantitative estimate of drug-likeness (QED) is 0.579. The first-order chi connectivity index (χ1) is 10.4. The minimum Gasteiger partial charge on any atom is -0.491 e. The molecule has 1 atom stereocenters. The van der Waals surface area contributed by atoms with E-state index in [2.05, 4.69) is 6.58 Å². The second-order valence-electron chi connectivity index (χ2n) is 4.70. The van der Waals surface area contributed by atoms with Crippen LogP contribution >= 0.6 is 0 Å². The molecule has 1 aromatic rings. The van der Waals surface area contributed by atoms with E-state index in [1.165, 1.54) is 0 Å². The zero-order valence-corrected chi connectivity index (χ0v) is 12.0. The van der Waals surface area contributed by atoms with Crippen LogP contribution in [0.25, 0.3) is 6.08 Å². The Bertz CT molecular complexity index is 497. The molecular weight excluding hydrogens is 290 g/mol. The van der Waals surface area contributed by atoms with Crippen LogP contribution in [0.1, 0.15) is 5.56 Å². The second kappa shape index (κ2) is 8.81. The molecule has 0 bridgehead atoms. The molecule has 1 unspecified atom stereocenters. The average molecular weight is 309 g/mol. The molecule has 7 nitrogen and oxygen atoms in total. The maximum absolute atomic E-state index is 10.7. The van der Waals surface area contributed by atoms with Crippen LogP contribution in [-0.2, 0) is 9.59 Å². The lowest BCUT2D eigenvalue weighted by Crippen LogP contribution is -2.41. The van der Waals surface area contributed by atoms with Gasteiger partial charge in [-0.1, -0.05) is 24.8 Å². The second-order valence-corrected chi connectivity index (χ2v) is 4.70. The summed E-state index contributed by atoms with van der Waals surface area (Å²) in [5.41, 5.74) is 0.932. The third-order valence-electron chi connectivity index (χ3n) is 2.74. The Hall–Kier alpha value is -2.38. The van der Waals surface area contributed by atoms with E-state index in [-0.39, 0.29) is 13.2 Å². The van der Waals surface area contributed by atoms with Crippen LogP contribution < -0.4 is 4.74 Å². The lowest BCUT2D eigenvalue weighted by atomic mass is 10.2. The summed E-state index contributed by atoms with van der Waals surface area (Å²) in [6.45, 7) is 2.54. The molecule has 0 saturated carbocycles. The van der Waals surface area contributed by atoms with Crippen LogP contribution in [0, 0.1) is 0 Å². The van der Waals surface area contributed by atoms with Gasteiger partial charge in [-0.25, -0.2) is 0 Å². The molecular formula is C15H19NO6. The largest absolute Gasteiger partial charge is 0.491 e. The molecule has 0 spiro atoms. The minimum absolute atomic E-state index is 0.0663. The Morgan fingerprint density at radius 2 is 1.73 bits per heavy atom. The molecule has 0 aliphatic carbocycles. The third kappa shape index (κ3) is 6.87. The number of rotatable bonds is 10. The number of hydrogen-bond acceptors (Lipinski definition) is 5. The van der Waals surface area contributed by atoms with Crippen molar-refractivity contribution in [1.82, 2.24) is 4.90 Å². The van der Waals surface area contributed by atoms with E-state index in [1.54, 1.807) is 30.3 Å². The first-order valence-corrected chi connectivity index (χ1v) is 6.60. The Morgan fingerprint density at radius 3 is 2.18 bits per heavy atom. The van der Waals surface area contributed by atoms with Crippen molar-refractivity contribution in [1.29, 1.82) is 0 Å². The summed E-state index contributed by atoms with van der Waals surface area (Å²) in [4.78, 5) is 22.4. The standard InChI is InChI=1S/C15H19NO6/c1-2-11-3-5-13(6-4-11)22-10-12(17)7-16(8-14(18)19)9-15(20)21/h2-6,12,17H,1,7-10H2,(H,18,19)(H,20,21). The number of carbonyl (C=O) groups is 2. The Balaban J connectivity index is 2.47. The van der Waals surface area contributed by atoms with Crippen molar-refractivity contribution in [3.8, 4) is 5.75 Å². The normalized spacial score (nSPS) is 11.9. The number of aliphatic carboxylic acids is 2. The number of carboxylic acid groups (broad SMARTS) is 2. The lowest BCUT2D eigenvalue weighted by molar-refractivity contribution is -0.142. The summed E-state index contributed by atoms with van der Waals surface area (Å²) >= 11 is 0. The van der Waals surface area contributed by atoms with Crippen molar-refractivity contribution in [3.63, 3.8) is 0 Å². The maximum atomic E-state index is 10.7. The molecule has 0 heterocycles. The van der Waals surface area contributed by atoms with Gasteiger partial charge >= 0.3 is 11.9 Å². The number of ether oxygens (including phenoxy) is 1. The predicted octanol–water partition coefficient (Wildman–Crippen LogP) is 0.540. The number of aliphatic hydroxyl groups is 1. The average Bonchev–Trinajstić information content (AvgIpc) is 2.44. The van der Waals surface area contributed by atoms with Crippen LogP contribution in [0.4, 0.5) is 0 Å². The minimum atomic E-state index is -1.16. The van der Waals surface area contributed by atoms with Gasteiger partial charge in [-0.2, -0.15) is 0 Å². The number of hydrogen-bond donors (Lipinski definition) is 3. The van der Waals surface area contributed by atoms with Crippen molar-refractivity contribution in [2.24, 2.45) is 0 Å². The van der Waals surface area contributed by atoms with E-state index in [1.807, 2.05) is 0 Å². The molecule has 0 saturated heterocycles. The highest BCUT2D eigenvalue weighted by molar-refractivity contribution is 5.72. The molecule has 3 N–H and O–H groups in total. The molecule has 0 aromatic heterocycles. The highest BCUT2D eigenvalue weighted by atomic mass is 16.5. The monoisotopic (exact) mass is 309 g/mol. The van der Waals surface area contributed by atoms with Gasteiger partial charge in [-0.3, -0.25) is 14.5 Å². The fraction of sp³-hybridized carbons (Fsp3) is 0.333. The van der Waals surface area contributed by atoms with Crippen molar-refractivity contribution >= 4 is 18.0 Å². The first-order valence-electron chi connectivity index (χ1n) is 6.60. The van der Waals surface area contributed by atoms with Gasteiger partial charge in [-0.15, -0.1) is 0 Å². The number of benzene rings is 1. The van der Waals surface area contributed by atoms with Gasteiger partial charge < -0.3 is 20.1 Å². The van der Waals surface area contributed by atoms with Gasteiger partial charge in [0, 0.05) is 6.54 Å². The summed E-state index contributed by atoms with van der Waals surface area (Å²) < 4.78 is 5.37. The Labute approximate surface area is 128 Å². The molecule has 0 aliphatic heterocycles. The van der Waals surface area contributed by atoms with Crippen LogP contribution in [-0.4, -0.2) is 64.5 Å². The highest BCUT2D eigenvalue weighted by Crippen LogP contribution is 2.13. The smallest absolute Gasteiger partial charge is 0.317 e. The maximum Gasteiger partial charge on any atom is 0.317 e. The summed E-state index contributed by atoms with van der Waals surface area (Å²) in [6, 6.07) is 7.04. The summed E-state index contributed by atoms with van der Waals surface area (Å²) in [5, 5.41) is 27.3. The van der Waals surface area contributed by atoms with E-state index in [4.69, 9.17) is 14.9 Å². The van der Waals surface area contributed by atoms with Gasteiger partial charge in [0.05, 0.1) is 13.1 Å². The molecule has 0 aliphatic rings. The van der Waals surface area contributed by atoms with Crippen LogP contribution in [0.3, 0.4) is 0 Å². The fourth-order valence-corrected chi connectivity index (χ4v) is 1.81. The van der Waals surface area contributed by atoms with Crippen molar-refractivity contribution in [3.05, 3.63) is 36.4 Å². The van der Waals surface area contributed by atoms with Crippen LogP contribution in [0.15, 0.2) is 30.8 Å². The first kappa shape index (κ1) is 17.7. The molecule has 0 radical (unpaired) electrons. The zero-order chi connectivity index (χ0) is 16.5. The van der Waals surface area contributed by atoms with Crippen molar-refractivity contribution in [2.75, 3.05) is 26.2 Å². The summed E-state index contributed by atoms with van der Waals surface area (Å²) in [6.07, 6.45) is 0.687. The third-order valence-corrected chi connectivity index (χ3v) is 2.74. The molecule has 0 fully saturated rings. The summed E-state index contributed by atoms with van der Waals surface area (Å²) in [7, 11) is 0. The van der Waals surface area contributed by atoms with Crippen molar-refractivity contribution < 1.29 is 29.6 Å². The Kier molecular flexibility index (Phi) is 7.07. The molecule has 1 rings (SSSR count). The van der Waals surface area contributed by atoms with Crippen LogP contribution in [0.2, 0.25) is 0 Å². The van der Waals surface area contributed by atoms with E-state index in [0.717, 1.165) is 10.5 Å². The van der Waals surface area contributed by atoms with Crippen LogP contribution in [0.5, 0.6) is 5.75 Å².